The standard InChI is InChI=1S/C17H24N4O3/c1-4-10(2)14-16(23)20-13-8-6-5-7-12(13)9-21(14)17(24)19-11(3)15(18)22/h5-8,10-11,14H,4,9H2,1-3H3,(H2,18,22)(H,19,24)(H,20,23). The summed E-state index contributed by atoms with van der Waals surface area (Å²) in [5.41, 5.74) is 6.77. The number of urea groups is 1. The number of primary amides is 1. The Morgan fingerprint density at radius 3 is 2.67 bits per heavy atom. The van der Waals surface area contributed by atoms with E-state index in [2.05, 4.69) is 10.6 Å². The van der Waals surface area contributed by atoms with Crippen LogP contribution in [0.4, 0.5) is 10.5 Å². The summed E-state index contributed by atoms with van der Waals surface area (Å²) < 4.78 is 0. The van der Waals surface area contributed by atoms with E-state index in [-0.39, 0.29) is 18.4 Å². The van der Waals surface area contributed by atoms with Crippen molar-refractivity contribution in [1.82, 2.24) is 10.2 Å². The molecule has 1 aromatic carbocycles. The number of rotatable bonds is 4. The summed E-state index contributed by atoms with van der Waals surface area (Å²) in [5.74, 6) is -0.881. The molecule has 1 aromatic rings. The fourth-order valence-corrected chi connectivity index (χ4v) is 2.74. The summed E-state index contributed by atoms with van der Waals surface area (Å²) in [6, 6.07) is 5.47. The van der Waals surface area contributed by atoms with Gasteiger partial charge in [0.15, 0.2) is 0 Å². The second-order valence-corrected chi connectivity index (χ2v) is 6.18. The molecule has 0 aromatic heterocycles. The van der Waals surface area contributed by atoms with E-state index in [1.54, 1.807) is 0 Å². The van der Waals surface area contributed by atoms with E-state index in [1.807, 2.05) is 38.1 Å². The SMILES string of the molecule is CCC(C)C1C(=O)Nc2ccccc2CN1C(=O)NC(C)C(N)=O. The Kier molecular flexibility index (Phi) is 5.43. The van der Waals surface area contributed by atoms with Crippen molar-refractivity contribution in [1.29, 1.82) is 0 Å². The first-order valence-corrected chi connectivity index (χ1v) is 8.10. The van der Waals surface area contributed by atoms with Gasteiger partial charge in [0, 0.05) is 5.69 Å². The van der Waals surface area contributed by atoms with Gasteiger partial charge in [0.05, 0.1) is 6.54 Å². The number of hydrogen-bond acceptors (Lipinski definition) is 3. The molecule has 0 spiro atoms. The van der Waals surface area contributed by atoms with Crippen LogP contribution in [0.5, 0.6) is 0 Å². The Bertz CT molecular complexity index is 646. The molecule has 3 unspecified atom stereocenters. The number of amides is 4. The first-order chi connectivity index (χ1) is 11.3. The van der Waals surface area contributed by atoms with Crippen LogP contribution in [0.25, 0.3) is 0 Å². The average Bonchev–Trinajstić information content (AvgIpc) is 2.69. The number of nitrogens with two attached hydrogens (primary N) is 1. The van der Waals surface area contributed by atoms with Gasteiger partial charge >= 0.3 is 6.03 Å². The van der Waals surface area contributed by atoms with Gasteiger partial charge in [-0.1, -0.05) is 38.5 Å². The molecule has 0 fully saturated rings. The minimum absolute atomic E-state index is 0.0334. The molecule has 1 aliphatic rings. The van der Waals surface area contributed by atoms with Gasteiger partial charge in [-0.15, -0.1) is 0 Å². The molecular formula is C17H24N4O3. The van der Waals surface area contributed by atoms with Crippen molar-refractivity contribution >= 4 is 23.5 Å². The molecule has 3 atom stereocenters. The van der Waals surface area contributed by atoms with E-state index in [1.165, 1.54) is 11.8 Å². The van der Waals surface area contributed by atoms with E-state index in [9.17, 15) is 14.4 Å². The van der Waals surface area contributed by atoms with E-state index in [4.69, 9.17) is 5.73 Å². The van der Waals surface area contributed by atoms with Crippen molar-refractivity contribution in [2.75, 3.05) is 5.32 Å². The number of benzene rings is 1. The van der Waals surface area contributed by atoms with Crippen LogP contribution in [-0.4, -0.2) is 34.8 Å². The first-order valence-electron chi connectivity index (χ1n) is 8.10. The van der Waals surface area contributed by atoms with Gasteiger partial charge in [0.2, 0.25) is 11.8 Å². The summed E-state index contributed by atoms with van der Waals surface area (Å²) in [6.45, 7) is 5.70. The molecule has 0 radical (unpaired) electrons. The fraction of sp³-hybridized carbons (Fsp3) is 0.471. The van der Waals surface area contributed by atoms with Crippen LogP contribution in [0.15, 0.2) is 24.3 Å². The minimum atomic E-state index is -0.809. The maximum Gasteiger partial charge on any atom is 0.319 e. The highest BCUT2D eigenvalue weighted by Gasteiger charge is 2.37. The molecular weight excluding hydrogens is 308 g/mol. The van der Waals surface area contributed by atoms with E-state index < -0.39 is 24.0 Å². The molecule has 0 bridgehead atoms. The third kappa shape index (κ3) is 3.67. The average molecular weight is 332 g/mol. The van der Waals surface area contributed by atoms with Gasteiger partial charge in [-0.05, 0) is 24.5 Å². The zero-order valence-electron chi connectivity index (χ0n) is 14.2. The molecule has 7 nitrogen and oxygen atoms in total. The Morgan fingerprint density at radius 2 is 2.04 bits per heavy atom. The van der Waals surface area contributed by atoms with Gasteiger partial charge < -0.3 is 21.3 Å². The summed E-state index contributed by atoms with van der Waals surface area (Å²) in [6.07, 6.45) is 0.740. The van der Waals surface area contributed by atoms with Crippen molar-refractivity contribution in [2.45, 2.75) is 45.8 Å². The van der Waals surface area contributed by atoms with Crippen molar-refractivity contribution < 1.29 is 14.4 Å². The Labute approximate surface area is 141 Å². The van der Waals surface area contributed by atoms with Crippen molar-refractivity contribution in [3.8, 4) is 0 Å². The third-order valence-electron chi connectivity index (χ3n) is 4.43. The molecule has 0 aliphatic carbocycles. The van der Waals surface area contributed by atoms with Crippen molar-refractivity contribution in [3.63, 3.8) is 0 Å². The van der Waals surface area contributed by atoms with Crippen LogP contribution in [0.1, 0.15) is 32.8 Å². The smallest absolute Gasteiger partial charge is 0.319 e. The van der Waals surface area contributed by atoms with Crippen LogP contribution < -0.4 is 16.4 Å². The molecule has 130 valence electrons. The zero-order chi connectivity index (χ0) is 17.9. The Balaban J connectivity index is 2.36. The molecule has 2 rings (SSSR count). The second-order valence-electron chi connectivity index (χ2n) is 6.18. The van der Waals surface area contributed by atoms with Crippen LogP contribution in [0.3, 0.4) is 0 Å². The first kappa shape index (κ1) is 17.8. The Morgan fingerprint density at radius 1 is 1.38 bits per heavy atom. The van der Waals surface area contributed by atoms with Crippen LogP contribution in [-0.2, 0) is 16.1 Å². The topological polar surface area (TPSA) is 105 Å². The molecule has 4 amide bonds. The number of nitrogens with one attached hydrogen (secondary N) is 2. The highest BCUT2D eigenvalue weighted by Crippen LogP contribution is 2.27. The molecule has 1 aliphatic heterocycles. The lowest BCUT2D eigenvalue weighted by atomic mass is 9.97. The van der Waals surface area contributed by atoms with Gasteiger partial charge in [-0.25, -0.2) is 4.79 Å². The molecule has 0 saturated carbocycles. The number of carbonyl (C=O) groups excluding carboxylic acids is 3. The monoisotopic (exact) mass is 332 g/mol. The highest BCUT2D eigenvalue weighted by molar-refractivity contribution is 5.99. The lowest BCUT2D eigenvalue weighted by Gasteiger charge is -2.33. The van der Waals surface area contributed by atoms with Gasteiger partial charge in [-0.3, -0.25) is 9.59 Å². The summed E-state index contributed by atoms with van der Waals surface area (Å²) in [5, 5.41) is 5.47. The van der Waals surface area contributed by atoms with E-state index in [0.29, 0.717) is 5.69 Å². The van der Waals surface area contributed by atoms with E-state index in [0.717, 1.165) is 12.0 Å². The number of hydrogen-bond donors (Lipinski definition) is 3. The lowest BCUT2D eigenvalue weighted by Crippen LogP contribution is -2.55. The number of anilines is 1. The summed E-state index contributed by atoms with van der Waals surface area (Å²) in [7, 11) is 0. The normalized spacial score (nSPS) is 19.5. The predicted octanol–water partition coefficient (Wildman–Crippen LogP) is 1.44. The molecule has 0 saturated heterocycles. The largest absolute Gasteiger partial charge is 0.368 e. The highest BCUT2D eigenvalue weighted by atomic mass is 16.2. The number of carbonyl (C=O) groups is 3. The maximum absolute atomic E-state index is 12.7. The Hall–Kier alpha value is -2.57. The van der Waals surface area contributed by atoms with Gasteiger partial charge in [0.25, 0.3) is 0 Å². The van der Waals surface area contributed by atoms with Crippen molar-refractivity contribution in [2.24, 2.45) is 11.7 Å². The maximum atomic E-state index is 12.7. The third-order valence-corrected chi connectivity index (χ3v) is 4.43. The van der Waals surface area contributed by atoms with Crippen LogP contribution in [0.2, 0.25) is 0 Å². The number of nitrogens with zero attached hydrogens (tertiary/aromatic N) is 1. The molecule has 24 heavy (non-hydrogen) atoms. The van der Waals surface area contributed by atoms with Crippen molar-refractivity contribution in [3.05, 3.63) is 29.8 Å². The molecule has 1 heterocycles. The number of fused-ring (bicyclic) bond motifs is 1. The fourth-order valence-electron chi connectivity index (χ4n) is 2.74. The molecule has 7 heteroatoms. The predicted molar refractivity (Wildman–Crippen MR) is 91.0 cm³/mol. The summed E-state index contributed by atoms with van der Waals surface area (Å²) >= 11 is 0. The second kappa shape index (κ2) is 7.33. The van der Waals surface area contributed by atoms with Crippen LogP contribution in [0, 0.1) is 5.92 Å². The summed E-state index contributed by atoms with van der Waals surface area (Å²) in [4.78, 5) is 38.1. The van der Waals surface area contributed by atoms with Gasteiger partial charge in [-0.2, -0.15) is 0 Å². The zero-order valence-corrected chi connectivity index (χ0v) is 14.2. The van der Waals surface area contributed by atoms with Gasteiger partial charge in [0.1, 0.15) is 12.1 Å². The number of para-hydroxylation sites is 1. The van der Waals surface area contributed by atoms with E-state index >= 15 is 0 Å². The van der Waals surface area contributed by atoms with Crippen LogP contribution >= 0.6 is 0 Å². The minimum Gasteiger partial charge on any atom is -0.368 e. The molecule has 4 N–H and O–H groups in total. The quantitative estimate of drug-likeness (QED) is 0.777. The lowest BCUT2D eigenvalue weighted by molar-refractivity contribution is -0.121.